The largest absolute Gasteiger partial charge is 0.491 e. The van der Waals surface area contributed by atoms with Crippen molar-refractivity contribution in [2.24, 2.45) is 22.0 Å². The molecule has 1 aromatic carbocycles. The van der Waals surface area contributed by atoms with Gasteiger partial charge in [0.05, 0.1) is 12.3 Å². The van der Waals surface area contributed by atoms with Gasteiger partial charge < -0.3 is 19.8 Å². The van der Waals surface area contributed by atoms with Gasteiger partial charge in [0, 0.05) is 31.0 Å². The lowest BCUT2D eigenvalue weighted by Crippen LogP contribution is -2.39. The van der Waals surface area contributed by atoms with Crippen LogP contribution in [0.25, 0.3) is 11.3 Å². The van der Waals surface area contributed by atoms with Crippen LogP contribution in [-0.2, 0) is 11.2 Å². The van der Waals surface area contributed by atoms with Crippen molar-refractivity contribution in [3.63, 3.8) is 0 Å². The average molecular weight is 441 g/mol. The maximum atomic E-state index is 12.9. The highest BCUT2D eigenvalue weighted by atomic mass is 16.5. The Bertz CT molecular complexity index is 1120. The summed E-state index contributed by atoms with van der Waals surface area (Å²) in [5, 5.41) is 8.31. The number of nitrogens with zero attached hydrogens (tertiary/aromatic N) is 3. The van der Waals surface area contributed by atoms with E-state index >= 15 is 0 Å². The number of hydrogen-bond donors (Lipinski definition) is 3. The van der Waals surface area contributed by atoms with Gasteiger partial charge in [0.1, 0.15) is 17.9 Å². The van der Waals surface area contributed by atoms with E-state index < -0.39 is 11.3 Å². The minimum Gasteiger partial charge on any atom is -0.491 e. The molecule has 32 heavy (non-hydrogen) atoms. The molecule has 3 rings (SSSR count). The van der Waals surface area contributed by atoms with Crippen LogP contribution in [0.3, 0.4) is 0 Å². The second-order valence-electron chi connectivity index (χ2n) is 8.01. The molecule has 170 valence electrons. The zero-order valence-corrected chi connectivity index (χ0v) is 18.6. The maximum absolute atomic E-state index is 12.9. The van der Waals surface area contributed by atoms with E-state index in [-0.39, 0.29) is 23.5 Å². The van der Waals surface area contributed by atoms with Crippen molar-refractivity contribution >= 4 is 11.9 Å². The van der Waals surface area contributed by atoms with Crippen LogP contribution in [0.5, 0.6) is 5.75 Å². The summed E-state index contributed by atoms with van der Waals surface area (Å²) in [5.41, 5.74) is 15.5. The fourth-order valence-electron chi connectivity index (χ4n) is 4.02. The molecule has 1 amide bonds. The Morgan fingerprint density at radius 3 is 2.75 bits per heavy atom. The van der Waals surface area contributed by atoms with E-state index in [4.69, 9.17) is 20.7 Å². The van der Waals surface area contributed by atoms with E-state index in [2.05, 4.69) is 29.5 Å². The normalized spacial score (nSPS) is 15.2. The first-order chi connectivity index (χ1) is 15.3. The minimum absolute atomic E-state index is 0.0348. The highest BCUT2D eigenvalue weighted by molar-refractivity contribution is 6.05. The van der Waals surface area contributed by atoms with Crippen LogP contribution < -0.4 is 21.2 Å². The Morgan fingerprint density at radius 2 is 2.09 bits per heavy atom. The highest BCUT2D eigenvalue weighted by Gasteiger charge is 2.29. The molecule has 1 aromatic heterocycles. The van der Waals surface area contributed by atoms with Gasteiger partial charge in [0.15, 0.2) is 5.43 Å². The zero-order valence-electron chi connectivity index (χ0n) is 18.6. The van der Waals surface area contributed by atoms with Crippen molar-refractivity contribution in [2.75, 3.05) is 20.3 Å². The van der Waals surface area contributed by atoms with E-state index in [0.717, 1.165) is 34.6 Å². The molecule has 10 heteroatoms. The van der Waals surface area contributed by atoms with Crippen LogP contribution in [0.2, 0.25) is 0 Å². The van der Waals surface area contributed by atoms with Crippen LogP contribution in [0.4, 0.5) is 0 Å². The van der Waals surface area contributed by atoms with Gasteiger partial charge >= 0.3 is 0 Å². The van der Waals surface area contributed by atoms with Crippen molar-refractivity contribution in [1.82, 2.24) is 9.88 Å². The molecule has 1 atom stereocenters. The van der Waals surface area contributed by atoms with Crippen LogP contribution >= 0.6 is 0 Å². The smallest absolute Gasteiger partial charge is 0.263 e. The molecular weight excluding hydrogens is 412 g/mol. The first-order valence-electron chi connectivity index (χ1n) is 10.3. The lowest BCUT2D eigenvalue weighted by Gasteiger charge is -2.34. The number of nitrogens with one attached hydrogen (secondary N) is 2. The molecule has 0 aliphatic carbocycles. The highest BCUT2D eigenvalue weighted by Crippen LogP contribution is 2.40. The molecule has 1 aliphatic heterocycles. The third-order valence-corrected chi connectivity index (χ3v) is 5.48. The molecular formula is C22H28N6O4. The summed E-state index contributed by atoms with van der Waals surface area (Å²) in [6.45, 7) is 7.14. The standard InChI is InChI=1S/C22H28N6O4/c1-12(2)17-9-14-8-15(32-6-5-31-4)7-13(3)20(14)18-10-19(29)16(11-28(17)18)21(30)25-22(23)26-27-24/h7-8,10-12,17H,5-6,9H2,1-4H3,(H4,23,24,25,26,30). The topological polar surface area (TPSA) is 144 Å². The van der Waals surface area contributed by atoms with Crippen molar-refractivity contribution in [3.05, 3.63) is 51.3 Å². The summed E-state index contributed by atoms with van der Waals surface area (Å²) in [4.78, 5) is 25.4. The number of carbonyl (C=O) groups is 1. The van der Waals surface area contributed by atoms with Crippen molar-refractivity contribution < 1.29 is 14.3 Å². The number of ether oxygens (including phenoxy) is 2. The van der Waals surface area contributed by atoms with Crippen LogP contribution in [0.15, 0.2) is 39.5 Å². The summed E-state index contributed by atoms with van der Waals surface area (Å²) < 4.78 is 12.9. The Balaban J connectivity index is 2.09. The van der Waals surface area contributed by atoms with Crippen LogP contribution in [0.1, 0.15) is 41.4 Å². The Hall–Kier alpha value is -3.53. The molecule has 0 radical (unpaired) electrons. The summed E-state index contributed by atoms with van der Waals surface area (Å²) in [6, 6.07) is 5.49. The Morgan fingerprint density at radius 1 is 1.34 bits per heavy atom. The van der Waals surface area contributed by atoms with Gasteiger partial charge in [-0.1, -0.05) is 18.9 Å². The molecule has 4 N–H and O–H groups in total. The summed E-state index contributed by atoms with van der Waals surface area (Å²) in [5.74, 6) is -0.0357. The minimum atomic E-state index is -0.692. The average Bonchev–Trinajstić information content (AvgIpc) is 2.72. The SMILES string of the molecule is COCCOc1cc(C)c2c(c1)CC(C(C)C)n1cc(C(=O)NC(N)=NN=N)c(=O)cc1-2. The van der Waals surface area contributed by atoms with Gasteiger partial charge in [-0.25, -0.2) is 0 Å². The third kappa shape index (κ3) is 4.70. The molecule has 1 unspecified atom stereocenters. The molecule has 0 saturated carbocycles. The van der Waals surface area contributed by atoms with Gasteiger partial charge in [-0.15, -0.1) is 0 Å². The van der Waals surface area contributed by atoms with E-state index in [1.165, 1.54) is 6.07 Å². The zero-order chi connectivity index (χ0) is 23.4. The number of amides is 1. The van der Waals surface area contributed by atoms with Crippen molar-refractivity contribution in [2.45, 2.75) is 33.2 Å². The van der Waals surface area contributed by atoms with E-state index in [0.29, 0.717) is 13.2 Å². The summed E-state index contributed by atoms with van der Waals surface area (Å²) in [6.07, 6.45) is 2.31. The number of guanidine groups is 1. The molecule has 0 bridgehead atoms. The number of fused-ring (bicyclic) bond motifs is 3. The number of rotatable bonds is 7. The predicted molar refractivity (Wildman–Crippen MR) is 120 cm³/mol. The number of hydrogen-bond acceptors (Lipinski definition) is 6. The van der Waals surface area contributed by atoms with Gasteiger partial charge in [-0.2, -0.15) is 5.53 Å². The van der Waals surface area contributed by atoms with E-state index in [1.54, 1.807) is 13.3 Å². The van der Waals surface area contributed by atoms with Gasteiger partial charge in [-0.05, 0) is 47.7 Å². The molecule has 2 heterocycles. The Kier molecular flexibility index (Phi) is 7.04. The van der Waals surface area contributed by atoms with Gasteiger partial charge in [-0.3, -0.25) is 14.9 Å². The van der Waals surface area contributed by atoms with Crippen molar-refractivity contribution in [3.8, 4) is 17.0 Å². The van der Waals surface area contributed by atoms with Crippen molar-refractivity contribution in [1.29, 1.82) is 5.53 Å². The molecule has 0 spiro atoms. The quantitative estimate of drug-likeness (QED) is 0.199. The first-order valence-corrected chi connectivity index (χ1v) is 10.3. The molecule has 0 saturated heterocycles. The molecule has 2 aromatic rings. The molecule has 0 fully saturated rings. The number of aryl methyl sites for hydroxylation is 1. The number of methoxy groups -OCH3 is 1. The lowest BCUT2D eigenvalue weighted by atomic mass is 9.85. The second-order valence-corrected chi connectivity index (χ2v) is 8.01. The number of aromatic nitrogens is 1. The summed E-state index contributed by atoms with van der Waals surface area (Å²) >= 11 is 0. The number of nitrogens with two attached hydrogens (primary N) is 1. The van der Waals surface area contributed by atoms with Crippen LogP contribution in [0, 0.1) is 18.4 Å². The fourth-order valence-corrected chi connectivity index (χ4v) is 4.02. The van der Waals surface area contributed by atoms with Gasteiger partial charge in [0.25, 0.3) is 5.91 Å². The maximum Gasteiger partial charge on any atom is 0.263 e. The third-order valence-electron chi connectivity index (χ3n) is 5.48. The number of pyridine rings is 1. The van der Waals surface area contributed by atoms with Crippen LogP contribution in [-0.4, -0.2) is 36.8 Å². The van der Waals surface area contributed by atoms with E-state index in [9.17, 15) is 9.59 Å². The Labute approximate surface area is 185 Å². The lowest BCUT2D eigenvalue weighted by molar-refractivity contribution is 0.0974. The summed E-state index contributed by atoms with van der Waals surface area (Å²) in [7, 11) is 1.63. The number of carbonyl (C=O) groups excluding carboxylic acids is 1. The van der Waals surface area contributed by atoms with E-state index in [1.807, 2.05) is 23.6 Å². The number of benzene rings is 1. The fraction of sp³-hybridized carbons (Fsp3) is 0.409. The molecule has 1 aliphatic rings. The van der Waals surface area contributed by atoms with Gasteiger partial charge in [0.2, 0.25) is 5.96 Å². The predicted octanol–water partition coefficient (Wildman–Crippen LogP) is 2.59. The molecule has 10 nitrogen and oxygen atoms in total. The second kappa shape index (κ2) is 9.73. The monoisotopic (exact) mass is 440 g/mol. The first kappa shape index (κ1) is 23.1.